The van der Waals surface area contributed by atoms with Crippen LogP contribution >= 0.6 is 0 Å². The standard InChI is InChI=1S/C18H29NO3S/c1-12(2)16-9-18(17(22-6)8-15(16)5)23(20,21)19-10-13(3)7-14(4)11-19/h8-9,12-14H,7,10-11H2,1-6H3/t13-,14-/m0/s1. The maximum absolute atomic E-state index is 13.2. The first-order valence-corrected chi connectivity index (χ1v) is 9.79. The van der Waals surface area contributed by atoms with Gasteiger partial charge in [0.25, 0.3) is 0 Å². The van der Waals surface area contributed by atoms with Crippen LogP contribution in [0.25, 0.3) is 0 Å². The highest BCUT2D eigenvalue weighted by Gasteiger charge is 2.34. The summed E-state index contributed by atoms with van der Waals surface area (Å²) in [6.45, 7) is 11.6. The first-order valence-electron chi connectivity index (χ1n) is 8.35. The average molecular weight is 340 g/mol. The molecule has 1 aliphatic rings. The van der Waals surface area contributed by atoms with Crippen LogP contribution in [0.3, 0.4) is 0 Å². The van der Waals surface area contributed by atoms with Gasteiger partial charge >= 0.3 is 0 Å². The predicted molar refractivity (Wildman–Crippen MR) is 93.5 cm³/mol. The smallest absolute Gasteiger partial charge is 0.246 e. The highest BCUT2D eigenvalue weighted by Crippen LogP contribution is 2.35. The van der Waals surface area contributed by atoms with E-state index >= 15 is 0 Å². The van der Waals surface area contributed by atoms with Gasteiger partial charge in [0.1, 0.15) is 10.6 Å². The zero-order chi connectivity index (χ0) is 17.4. The largest absolute Gasteiger partial charge is 0.495 e. The summed E-state index contributed by atoms with van der Waals surface area (Å²) < 4.78 is 33.4. The molecule has 1 aromatic rings. The van der Waals surface area contributed by atoms with E-state index in [9.17, 15) is 8.42 Å². The monoisotopic (exact) mass is 339 g/mol. The molecule has 1 heterocycles. The molecule has 5 heteroatoms. The van der Waals surface area contributed by atoms with Gasteiger partial charge < -0.3 is 4.74 Å². The van der Waals surface area contributed by atoms with E-state index < -0.39 is 10.0 Å². The van der Waals surface area contributed by atoms with E-state index in [0.717, 1.165) is 17.5 Å². The number of ether oxygens (including phenoxy) is 1. The van der Waals surface area contributed by atoms with Crippen LogP contribution in [-0.2, 0) is 10.0 Å². The molecule has 1 saturated heterocycles. The molecule has 130 valence electrons. The average Bonchev–Trinajstić information content (AvgIpc) is 2.45. The number of hydrogen-bond donors (Lipinski definition) is 0. The van der Waals surface area contributed by atoms with Crippen molar-refractivity contribution in [3.8, 4) is 5.75 Å². The molecule has 2 atom stereocenters. The topological polar surface area (TPSA) is 46.6 Å². The van der Waals surface area contributed by atoms with Crippen molar-refractivity contribution in [1.29, 1.82) is 0 Å². The summed E-state index contributed by atoms with van der Waals surface area (Å²) in [5.41, 5.74) is 2.12. The lowest BCUT2D eigenvalue weighted by Gasteiger charge is -2.34. The molecular formula is C18H29NO3S. The van der Waals surface area contributed by atoms with Crippen LogP contribution in [0.15, 0.2) is 17.0 Å². The molecule has 2 rings (SSSR count). The minimum atomic E-state index is -3.54. The zero-order valence-electron chi connectivity index (χ0n) is 15.1. The summed E-state index contributed by atoms with van der Waals surface area (Å²) in [5.74, 6) is 1.48. The van der Waals surface area contributed by atoms with E-state index in [1.54, 1.807) is 10.4 Å². The van der Waals surface area contributed by atoms with Crippen LogP contribution in [0.5, 0.6) is 5.75 Å². The lowest BCUT2D eigenvalue weighted by Crippen LogP contribution is -2.42. The van der Waals surface area contributed by atoms with Crippen LogP contribution in [0.4, 0.5) is 0 Å². The van der Waals surface area contributed by atoms with Gasteiger partial charge in [-0.2, -0.15) is 4.31 Å². The molecule has 0 N–H and O–H groups in total. The number of sulfonamides is 1. The summed E-state index contributed by atoms with van der Waals surface area (Å²) in [7, 11) is -2.00. The van der Waals surface area contributed by atoms with E-state index in [1.807, 2.05) is 13.0 Å². The van der Waals surface area contributed by atoms with Crippen molar-refractivity contribution in [2.45, 2.75) is 51.9 Å². The van der Waals surface area contributed by atoms with Crippen molar-refractivity contribution in [2.75, 3.05) is 20.2 Å². The fraction of sp³-hybridized carbons (Fsp3) is 0.667. The van der Waals surface area contributed by atoms with Crippen LogP contribution in [-0.4, -0.2) is 32.9 Å². The lowest BCUT2D eigenvalue weighted by molar-refractivity contribution is 0.222. The Morgan fingerprint density at radius 3 is 2.22 bits per heavy atom. The number of methoxy groups -OCH3 is 1. The first-order chi connectivity index (χ1) is 10.7. The van der Waals surface area contributed by atoms with Crippen molar-refractivity contribution in [3.63, 3.8) is 0 Å². The molecule has 0 radical (unpaired) electrons. The summed E-state index contributed by atoms with van der Waals surface area (Å²) in [4.78, 5) is 0.301. The number of rotatable bonds is 4. The van der Waals surface area contributed by atoms with Gasteiger partial charge in [-0.1, -0.05) is 27.7 Å². The Balaban J connectivity index is 2.52. The fourth-order valence-electron chi connectivity index (χ4n) is 3.60. The molecule has 0 spiro atoms. The number of nitrogens with zero attached hydrogens (tertiary/aromatic N) is 1. The molecule has 1 fully saturated rings. The van der Waals surface area contributed by atoms with Crippen LogP contribution < -0.4 is 4.74 Å². The van der Waals surface area contributed by atoms with Crippen molar-refractivity contribution >= 4 is 10.0 Å². The van der Waals surface area contributed by atoms with Gasteiger partial charge in [0.2, 0.25) is 10.0 Å². The Morgan fingerprint density at radius 1 is 1.17 bits per heavy atom. The molecular weight excluding hydrogens is 310 g/mol. The third-order valence-electron chi connectivity index (χ3n) is 4.63. The molecule has 23 heavy (non-hydrogen) atoms. The number of piperidine rings is 1. The normalized spacial score (nSPS) is 23.3. The molecule has 0 aliphatic carbocycles. The number of hydrogen-bond acceptors (Lipinski definition) is 3. The minimum absolute atomic E-state index is 0.272. The van der Waals surface area contributed by atoms with E-state index in [2.05, 4.69) is 27.7 Å². The van der Waals surface area contributed by atoms with Gasteiger partial charge in [0.05, 0.1) is 7.11 Å². The molecule has 0 unspecified atom stereocenters. The van der Waals surface area contributed by atoms with E-state index in [-0.39, 0.29) is 5.92 Å². The Hall–Kier alpha value is -1.07. The summed E-state index contributed by atoms with van der Waals surface area (Å²) in [6.07, 6.45) is 1.08. The van der Waals surface area contributed by atoms with E-state index in [4.69, 9.17) is 4.74 Å². The fourth-order valence-corrected chi connectivity index (χ4v) is 5.45. The third kappa shape index (κ3) is 3.72. The molecule has 0 bridgehead atoms. The molecule has 4 nitrogen and oxygen atoms in total. The van der Waals surface area contributed by atoms with E-state index in [1.165, 1.54) is 7.11 Å². The number of benzene rings is 1. The van der Waals surface area contributed by atoms with Crippen molar-refractivity contribution in [2.24, 2.45) is 11.8 Å². The van der Waals surface area contributed by atoms with Crippen LogP contribution in [0.1, 0.15) is 51.2 Å². The highest BCUT2D eigenvalue weighted by atomic mass is 32.2. The van der Waals surface area contributed by atoms with Crippen molar-refractivity contribution in [3.05, 3.63) is 23.3 Å². The molecule has 0 aromatic heterocycles. The van der Waals surface area contributed by atoms with Gasteiger partial charge in [-0.05, 0) is 54.4 Å². The van der Waals surface area contributed by atoms with Crippen molar-refractivity contribution in [1.82, 2.24) is 4.31 Å². The van der Waals surface area contributed by atoms with Gasteiger partial charge in [-0.25, -0.2) is 8.42 Å². The van der Waals surface area contributed by atoms with Crippen LogP contribution in [0.2, 0.25) is 0 Å². The summed E-state index contributed by atoms with van der Waals surface area (Å²) in [6, 6.07) is 3.65. The molecule has 1 aromatic carbocycles. The van der Waals surface area contributed by atoms with Crippen molar-refractivity contribution < 1.29 is 13.2 Å². The third-order valence-corrected chi connectivity index (χ3v) is 6.48. The Bertz CT molecular complexity index is 657. The Labute approximate surface area is 140 Å². The Kier molecular flexibility index (Phi) is 5.41. The molecule has 0 amide bonds. The van der Waals surface area contributed by atoms with Crippen LogP contribution in [0, 0.1) is 18.8 Å². The minimum Gasteiger partial charge on any atom is -0.495 e. The SMILES string of the molecule is COc1cc(C)c(C(C)C)cc1S(=O)(=O)N1C[C@@H](C)C[C@H](C)C1. The van der Waals surface area contributed by atoms with Gasteiger partial charge in [-0.3, -0.25) is 0 Å². The Morgan fingerprint density at radius 2 is 1.74 bits per heavy atom. The lowest BCUT2D eigenvalue weighted by atomic mass is 9.94. The highest BCUT2D eigenvalue weighted by molar-refractivity contribution is 7.89. The second kappa shape index (κ2) is 6.81. The maximum Gasteiger partial charge on any atom is 0.246 e. The number of aryl methyl sites for hydroxylation is 1. The second-order valence-electron chi connectivity index (χ2n) is 7.28. The summed E-state index contributed by atoms with van der Waals surface area (Å²) >= 11 is 0. The quantitative estimate of drug-likeness (QED) is 0.838. The zero-order valence-corrected chi connectivity index (χ0v) is 15.9. The van der Waals surface area contributed by atoms with Gasteiger partial charge in [0.15, 0.2) is 0 Å². The first kappa shape index (κ1) is 18.3. The molecule has 0 saturated carbocycles. The maximum atomic E-state index is 13.2. The molecule has 1 aliphatic heterocycles. The van der Waals surface area contributed by atoms with E-state index in [0.29, 0.717) is 35.6 Å². The summed E-state index contributed by atoms with van der Waals surface area (Å²) in [5, 5.41) is 0. The predicted octanol–water partition coefficient (Wildman–Crippen LogP) is 3.79. The van der Waals surface area contributed by atoms with Gasteiger partial charge in [0, 0.05) is 13.1 Å². The van der Waals surface area contributed by atoms with Gasteiger partial charge in [-0.15, -0.1) is 0 Å². The second-order valence-corrected chi connectivity index (χ2v) is 9.19.